The van der Waals surface area contributed by atoms with Crippen molar-refractivity contribution in [1.82, 2.24) is 4.90 Å². The van der Waals surface area contributed by atoms with Crippen LogP contribution in [0.1, 0.15) is 35.2 Å². The molecule has 0 radical (unpaired) electrons. The van der Waals surface area contributed by atoms with Crippen LogP contribution >= 0.6 is 0 Å². The van der Waals surface area contributed by atoms with Crippen LogP contribution in [0.3, 0.4) is 0 Å². The lowest BCUT2D eigenvalue weighted by molar-refractivity contribution is -0.123. The highest BCUT2D eigenvalue weighted by Gasteiger charge is 2.32. The Bertz CT molecular complexity index is 513. The first-order chi connectivity index (χ1) is 9.02. The number of phenols is 1. The number of hydrogen-bond donors (Lipinski definition) is 2. The molecule has 3 N–H and O–H groups in total. The van der Waals surface area contributed by atoms with Crippen LogP contribution < -0.4 is 5.73 Å². The first-order valence-electron chi connectivity index (χ1n) is 6.41. The lowest BCUT2D eigenvalue weighted by Gasteiger charge is -2.33. The second kappa shape index (κ2) is 5.30. The van der Waals surface area contributed by atoms with Crippen LogP contribution in [0.25, 0.3) is 0 Å². The molecule has 19 heavy (non-hydrogen) atoms. The van der Waals surface area contributed by atoms with Gasteiger partial charge in [0.2, 0.25) is 5.91 Å². The minimum atomic E-state index is -0.568. The molecule has 2 amide bonds. The molecule has 5 nitrogen and oxygen atoms in total. The summed E-state index contributed by atoms with van der Waals surface area (Å²) in [4.78, 5) is 25.3. The number of amides is 2. The molecular weight excluding hydrogens is 244 g/mol. The fourth-order valence-corrected chi connectivity index (χ4v) is 2.46. The van der Waals surface area contributed by atoms with Crippen LogP contribution in [0.2, 0.25) is 0 Å². The SMILES string of the molecule is Cc1cccc(C(=O)N2CCCCC2C(N)=O)c1O. The van der Waals surface area contributed by atoms with Crippen molar-refractivity contribution >= 4 is 11.8 Å². The number of para-hydroxylation sites is 1. The zero-order valence-corrected chi connectivity index (χ0v) is 10.9. The van der Waals surface area contributed by atoms with Crippen molar-refractivity contribution in [2.24, 2.45) is 5.73 Å². The Hall–Kier alpha value is -2.04. The molecule has 1 unspecified atom stereocenters. The van der Waals surface area contributed by atoms with E-state index >= 15 is 0 Å². The molecule has 102 valence electrons. The van der Waals surface area contributed by atoms with Crippen LogP contribution in [0, 0.1) is 6.92 Å². The third-order valence-electron chi connectivity index (χ3n) is 3.56. The van der Waals surface area contributed by atoms with Crippen LogP contribution in [0.5, 0.6) is 5.75 Å². The largest absolute Gasteiger partial charge is 0.507 e. The van der Waals surface area contributed by atoms with Gasteiger partial charge in [0.1, 0.15) is 11.8 Å². The van der Waals surface area contributed by atoms with Gasteiger partial charge < -0.3 is 15.7 Å². The van der Waals surface area contributed by atoms with E-state index in [-0.39, 0.29) is 17.2 Å². The molecule has 0 saturated carbocycles. The van der Waals surface area contributed by atoms with Gasteiger partial charge in [-0.05, 0) is 37.8 Å². The van der Waals surface area contributed by atoms with Gasteiger partial charge in [-0.15, -0.1) is 0 Å². The molecule has 1 heterocycles. The molecule has 5 heteroatoms. The Morgan fingerprint density at radius 1 is 1.37 bits per heavy atom. The van der Waals surface area contributed by atoms with E-state index in [0.29, 0.717) is 18.5 Å². The maximum absolute atomic E-state index is 12.4. The standard InChI is InChI=1S/C14H18N2O3/c1-9-5-4-6-10(12(9)17)14(19)16-8-3-2-7-11(16)13(15)18/h4-6,11,17H,2-3,7-8H2,1H3,(H2,15,18). The molecule has 0 aliphatic carbocycles. The molecule has 1 fully saturated rings. The smallest absolute Gasteiger partial charge is 0.258 e. The highest BCUT2D eigenvalue weighted by atomic mass is 16.3. The number of rotatable bonds is 2. The third kappa shape index (κ3) is 2.54. The summed E-state index contributed by atoms with van der Waals surface area (Å²) in [6.45, 7) is 2.23. The summed E-state index contributed by atoms with van der Waals surface area (Å²) >= 11 is 0. The predicted octanol–water partition coefficient (Wildman–Crippen LogP) is 1.18. The number of likely N-dealkylation sites (tertiary alicyclic amines) is 1. The van der Waals surface area contributed by atoms with Gasteiger partial charge in [-0.25, -0.2) is 0 Å². The number of nitrogens with two attached hydrogens (primary N) is 1. The fraction of sp³-hybridized carbons (Fsp3) is 0.429. The zero-order valence-electron chi connectivity index (χ0n) is 10.9. The number of aryl methyl sites for hydroxylation is 1. The van der Waals surface area contributed by atoms with Crippen molar-refractivity contribution in [1.29, 1.82) is 0 Å². The number of benzene rings is 1. The molecule has 1 aromatic carbocycles. The number of hydrogen-bond acceptors (Lipinski definition) is 3. The Morgan fingerprint density at radius 3 is 2.79 bits per heavy atom. The van der Waals surface area contributed by atoms with E-state index in [1.54, 1.807) is 25.1 Å². The first kappa shape index (κ1) is 13.4. The highest BCUT2D eigenvalue weighted by molar-refractivity contribution is 5.99. The van der Waals surface area contributed by atoms with Gasteiger partial charge >= 0.3 is 0 Å². The van der Waals surface area contributed by atoms with Crippen molar-refractivity contribution in [2.75, 3.05) is 6.54 Å². The number of piperidine rings is 1. The van der Waals surface area contributed by atoms with Crippen LogP contribution in [0.15, 0.2) is 18.2 Å². The van der Waals surface area contributed by atoms with E-state index in [9.17, 15) is 14.7 Å². The van der Waals surface area contributed by atoms with Crippen molar-refractivity contribution in [3.63, 3.8) is 0 Å². The lowest BCUT2D eigenvalue weighted by atomic mass is 9.99. The summed E-state index contributed by atoms with van der Waals surface area (Å²) in [6.07, 6.45) is 2.33. The summed E-state index contributed by atoms with van der Waals surface area (Å²) in [5.74, 6) is -0.841. The van der Waals surface area contributed by atoms with Crippen LogP contribution in [-0.4, -0.2) is 34.4 Å². The van der Waals surface area contributed by atoms with Crippen molar-refractivity contribution < 1.29 is 14.7 Å². The minimum absolute atomic E-state index is 0.0266. The van der Waals surface area contributed by atoms with Crippen molar-refractivity contribution in [3.8, 4) is 5.75 Å². The summed E-state index contributed by atoms with van der Waals surface area (Å²) < 4.78 is 0. The van der Waals surface area contributed by atoms with E-state index in [2.05, 4.69) is 0 Å². The van der Waals surface area contributed by atoms with Crippen molar-refractivity contribution in [3.05, 3.63) is 29.3 Å². The molecule has 1 aliphatic rings. The number of aromatic hydroxyl groups is 1. The Labute approximate surface area is 112 Å². The monoisotopic (exact) mass is 262 g/mol. The van der Waals surface area contributed by atoms with Gasteiger partial charge in [0.15, 0.2) is 0 Å². The van der Waals surface area contributed by atoms with Gasteiger partial charge in [-0.1, -0.05) is 12.1 Å². The number of carbonyl (C=O) groups excluding carboxylic acids is 2. The van der Waals surface area contributed by atoms with Gasteiger partial charge in [-0.3, -0.25) is 9.59 Å². The van der Waals surface area contributed by atoms with Gasteiger partial charge in [0.25, 0.3) is 5.91 Å². The average Bonchev–Trinajstić information content (AvgIpc) is 2.41. The van der Waals surface area contributed by atoms with E-state index < -0.39 is 11.9 Å². The topological polar surface area (TPSA) is 83.6 Å². The quantitative estimate of drug-likeness (QED) is 0.839. The van der Waals surface area contributed by atoms with E-state index in [1.807, 2.05) is 0 Å². The van der Waals surface area contributed by atoms with E-state index in [0.717, 1.165) is 12.8 Å². The Balaban J connectivity index is 2.31. The lowest BCUT2D eigenvalue weighted by Crippen LogP contribution is -2.50. The van der Waals surface area contributed by atoms with Gasteiger partial charge in [0.05, 0.1) is 5.56 Å². The molecule has 0 aromatic heterocycles. The number of carbonyl (C=O) groups is 2. The molecule has 0 spiro atoms. The van der Waals surface area contributed by atoms with Crippen LogP contribution in [0.4, 0.5) is 0 Å². The highest BCUT2D eigenvalue weighted by Crippen LogP contribution is 2.26. The maximum Gasteiger partial charge on any atom is 0.258 e. The molecule has 1 atom stereocenters. The summed E-state index contributed by atoms with van der Waals surface area (Å²) in [5, 5.41) is 9.96. The number of phenolic OH excluding ortho intramolecular Hbond substituents is 1. The molecule has 2 rings (SSSR count). The normalized spacial score (nSPS) is 19.2. The van der Waals surface area contributed by atoms with Gasteiger partial charge in [-0.2, -0.15) is 0 Å². The Kier molecular flexibility index (Phi) is 3.74. The summed E-state index contributed by atoms with van der Waals surface area (Å²) in [7, 11) is 0. The number of nitrogens with zero attached hydrogens (tertiary/aromatic N) is 1. The molecule has 1 saturated heterocycles. The molecule has 1 aliphatic heterocycles. The fourth-order valence-electron chi connectivity index (χ4n) is 2.46. The molecular formula is C14H18N2O3. The first-order valence-corrected chi connectivity index (χ1v) is 6.41. The van der Waals surface area contributed by atoms with E-state index in [1.165, 1.54) is 4.90 Å². The third-order valence-corrected chi connectivity index (χ3v) is 3.56. The second-order valence-electron chi connectivity index (χ2n) is 4.88. The summed E-state index contributed by atoms with van der Waals surface area (Å²) in [5.41, 5.74) is 6.21. The zero-order chi connectivity index (χ0) is 14.0. The number of primary amides is 1. The van der Waals surface area contributed by atoms with E-state index in [4.69, 9.17) is 5.73 Å². The molecule has 1 aromatic rings. The maximum atomic E-state index is 12.4. The second-order valence-corrected chi connectivity index (χ2v) is 4.88. The predicted molar refractivity (Wildman–Crippen MR) is 70.7 cm³/mol. The average molecular weight is 262 g/mol. The summed E-state index contributed by atoms with van der Waals surface area (Å²) in [6, 6.07) is 4.44. The minimum Gasteiger partial charge on any atom is -0.507 e. The van der Waals surface area contributed by atoms with Crippen molar-refractivity contribution in [2.45, 2.75) is 32.2 Å². The molecule has 0 bridgehead atoms. The van der Waals surface area contributed by atoms with Crippen LogP contribution in [-0.2, 0) is 4.79 Å². The van der Waals surface area contributed by atoms with Gasteiger partial charge in [0, 0.05) is 6.54 Å². The Morgan fingerprint density at radius 2 is 2.11 bits per heavy atom.